The number of imide groups is 1. The van der Waals surface area contributed by atoms with Gasteiger partial charge in [0.2, 0.25) is 0 Å². The van der Waals surface area contributed by atoms with Crippen molar-refractivity contribution in [2.75, 3.05) is 0 Å². The molecule has 0 saturated carbocycles. The van der Waals surface area contributed by atoms with Gasteiger partial charge in [-0.05, 0) is 75.1 Å². The summed E-state index contributed by atoms with van der Waals surface area (Å²) in [6, 6.07) is -1.62. The molecule has 0 aromatic rings. The first-order chi connectivity index (χ1) is 13.3. The van der Waals surface area contributed by atoms with Gasteiger partial charge >= 0.3 is 18.2 Å². The van der Waals surface area contributed by atoms with Gasteiger partial charge in [0, 0.05) is 9.14 Å². The molecule has 0 saturated heterocycles. The maximum absolute atomic E-state index is 12.9. The minimum atomic E-state index is -1.62. The quantitative estimate of drug-likeness (QED) is 0.371. The Labute approximate surface area is 170 Å². The van der Waals surface area contributed by atoms with E-state index in [1.54, 1.807) is 62.3 Å². The molecule has 0 aliphatic heterocycles. The summed E-state index contributed by atoms with van der Waals surface area (Å²) in [5.41, 5.74) is -2.93. The molecule has 0 N–H and O–H groups in total. The van der Waals surface area contributed by atoms with E-state index in [1.165, 1.54) is 0 Å². The molecular weight excluding hydrogens is 366 g/mol. The molecule has 2 amide bonds. The van der Waals surface area contributed by atoms with Crippen LogP contribution in [0.5, 0.6) is 0 Å². The fraction of sp³-hybridized carbons (Fsp3) is 0.800. The summed E-state index contributed by atoms with van der Waals surface area (Å²) in [5, 5.41) is 0. The lowest BCUT2D eigenvalue weighted by molar-refractivity contribution is -0.161. The molecule has 0 aromatic heterocycles. The van der Waals surface area contributed by atoms with Gasteiger partial charge in [0.25, 0.3) is 0 Å². The molecule has 2 unspecified atom stereocenters. The Bertz CT molecular complexity index is 605. The van der Waals surface area contributed by atoms with Crippen LogP contribution >= 0.6 is 0 Å². The van der Waals surface area contributed by atoms with E-state index in [1.807, 2.05) is 0 Å². The predicted molar refractivity (Wildman–Crippen MR) is 104 cm³/mol. The Morgan fingerprint density at radius 1 is 0.857 bits per heavy atom. The highest BCUT2D eigenvalue weighted by atomic mass is 16.6. The second-order valence-corrected chi connectivity index (χ2v) is 9.18. The summed E-state index contributed by atoms with van der Waals surface area (Å²) in [5.74, 6) is -0.977. The van der Waals surface area contributed by atoms with E-state index in [0.29, 0.717) is 4.90 Å². The van der Waals surface area contributed by atoms with Gasteiger partial charge in [-0.15, -0.1) is 0 Å². The molecule has 0 spiro atoms. The van der Waals surface area contributed by atoms with Crippen LogP contribution in [0.2, 0.25) is 0 Å². The largest absolute Gasteiger partial charge is 0.458 e. The smallest absolute Gasteiger partial charge is 0.420 e. The first-order valence-corrected chi connectivity index (χ1v) is 9.05. The summed E-state index contributed by atoms with van der Waals surface area (Å²) in [6.07, 6.45) is -5.45. The first kappa shape index (κ1) is 22.2. The number of nitrogens with zero attached hydrogens (tertiary/aromatic N) is 1. The first-order valence-electron chi connectivity index (χ1n) is 10.2. The number of aldehydes is 1. The molecule has 0 bridgehead atoms. The lowest BCUT2D eigenvalue weighted by atomic mass is 10.1. The monoisotopic (exact) mass is 403 g/mol. The van der Waals surface area contributed by atoms with Crippen molar-refractivity contribution in [3.8, 4) is 0 Å². The standard InChI is InChI=1S/C20H35NO7/c1-18(2,3)26-15(23)14(12-10-11-13-22)21(16(24)27-19(4,5)6)17(25)28-20(7,8)9/h13-14H,10-12H2,1-9H3/t14-/m0/s1/i10D,11D/t10?,11?,14-. The Hall–Kier alpha value is -2.12. The third-order valence-corrected chi connectivity index (χ3v) is 2.74. The highest BCUT2D eigenvalue weighted by Crippen LogP contribution is 2.22. The molecule has 162 valence electrons. The number of hydrogen-bond acceptors (Lipinski definition) is 7. The average Bonchev–Trinajstić information content (AvgIpc) is 2.47. The number of amides is 2. The molecule has 3 atom stereocenters. The molecule has 28 heavy (non-hydrogen) atoms. The number of carbonyl (C=O) groups excluding carboxylic acids is 4. The zero-order valence-electron chi connectivity index (χ0n) is 20.3. The number of ether oxygens (including phenoxy) is 3. The van der Waals surface area contributed by atoms with Crippen LogP contribution < -0.4 is 0 Å². The molecule has 8 nitrogen and oxygen atoms in total. The Morgan fingerprint density at radius 2 is 1.25 bits per heavy atom. The summed E-state index contributed by atoms with van der Waals surface area (Å²) < 4.78 is 31.5. The Balaban J connectivity index is 6.24. The maximum atomic E-state index is 12.9. The van der Waals surface area contributed by atoms with E-state index in [-0.39, 0.29) is 6.29 Å². The fourth-order valence-corrected chi connectivity index (χ4v) is 1.89. The van der Waals surface area contributed by atoms with Crippen LogP contribution in [0.1, 0.15) is 84.3 Å². The van der Waals surface area contributed by atoms with Crippen molar-refractivity contribution >= 4 is 24.4 Å². The van der Waals surface area contributed by atoms with E-state index in [0.717, 1.165) is 0 Å². The normalized spacial score (nSPS) is 16.6. The van der Waals surface area contributed by atoms with Gasteiger partial charge in [-0.25, -0.2) is 14.4 Å². The molecule has 0 rings (SSSR count). The highest BCUT2D eigenvalue weighted by Gasteiger charge is 2.41. The van der Waals surface area contributed by atoms with Crippen molar-refractivity contribution in [3.05, 3.63) is 0 Å². The van der Waals surface area contributed by atoms with Crippen LogP contribution in [0.4, 0.5) is 9.59 Å². The van der Waals surface area contributed by atoms with Gasteiger partial charge in [-0.2, -0.15) is 4.90 Å². The zero-order valence-corrected chi connectivity index (χ0v) is 18.3. The fourth-order valence-electron chi connectivity index (χ4n) is 1.89. The van der Waals surface area contributed by atoms with E-state index in [4.69, 9.17) is 17.0 Å². The third-order valence-electron chi connectivity index (χ3n) is 2.74. The summed E-state index contributed by atoms with van der Waals surface area (Å²) >= 11 is 0. The predicted octanol–water partition coefficient (Wildman–Crippen LogP) is 4.24. The SMILES string of the molecule is [2H]C(C=O)C([2H])C[C@@H](C(=O)OC(C)(C)C)N(C(=O)OC(C)(C)C)C(=O)OC(C)(C)C. The summed E-state index contributed by atoms with van der Waals surface area (Å²) in [7, 11) is 0. The molecule has 0 radical (unpaired) electrons. The Kier molecular flexibility index (Phi) is 7.83. The van der Waals surface area contributed by atoms with Crippen molar-refractivity contribution in [1.82, 2.24) is 4.90 Å². The summed E-state index contributed by atoms with van der Waals surface area (Å²) in [4.78, 5) is 49.9. The molecule has 0 fully saturated rings. The highest BCUT2D eigenvalue weighted by molar-refractivity contribution is 5.94. The molecule has 0 aliphatic rings. The van der Waals surface area contributed by atoms with Crippen LogP contribution in [0.25, 0.3) is 0 Å². The third kappa shape index (κ3) is 10.9. The van der Waals surface area contributed by atoms with E-state index in [2.05, 4.69) is 0 Å². The van der Waals surface area contributed by atoms with E-state index in [9.17, 15) is 19.2 Å². The van der Waals surface area contributed by atoms with Crippen LogP contribution in [0.3, 0.4) is 0 Å². The van der Waals surface area contributed by atoms with Crippen molar-refractivity contribution in [2.45, 2.75) is 104 Å². The second kappa shape index (κ2) is 9.89. The zero-order chi connectivity index (χ0) is 24.1. The topological polar surface area (TPSA) is 99.2 Å². The molecule has 0 heterocycles. The maximum Gasteiger partial charge on any atom is 0.420 e. The van der Waals surface area contributed by atoms with E-state index >= 15 is 0 Å². The number of esters is 1. The van der Waals surface area contributed by atoms with Gasteiger partial charge in [-0.1, -0.05) is 0 Å². The van der Waals surface area contributed by atoms with Crippen LogP contribution in [-0.2, 0) is 23.8 Å². The molecular formula is C20H35NO7. The van der Waals surface area contributed by atoms with Crippen molar-refractivity contribution in [1.29, 1.82) is 0 Å². The number of hydrogen-bond donors (Lipinski definition) is 0. The van der Waals surface area contributed by atoms with Crippen LogP contribution in [0, 0.1) is 0 Å². The molecule has 0 aromatic carbocycles. The van der Waals surface area contributed by atoms with Crippen LogP contribution in [-0.4, -0.2) is 52.2 Å². The minimum absolute atomic E-state index is 0.245. The van der Waals surface area contributed by atoms with Crippen LogP contribution in [0.15, 0.2) is 0 Å². The van der Waals surface area contributed by atoms with Gasteiger partial charge in [-0.3, -0.25) is 0 Å². The lowest BCUT2D eigenvalue weighted by Crippen LogP contribution is -2.53. The van der Waals surface area contributed by atoms with Crippen molar-refractivity contribution in [3.63, 3.8) is 0 Å². The minimum Gasteiger partial charge on any atom is -0.458 e. The molecule has 8 heteroatoms. The number of carbonyl (C=O) groups is 4. The van der Waals surface area contributed by atoms with Gasteiger partial charge in [0.05, 0.1) is 0 Å². The van der Waals surface area contributed by atoms with Gasteiger partial charge in [0.1, 0.15) is 29.1 Å². The number of rotatable bonds is 6. The second-order valence-electron chi connectivity index (χ2n) is 9.18. The van der Waals surface area contributed by atoms with E-state index < -0.39 is 60.2 Å². The average molecular weight is 404 g/mol. The Morgan fingerprint density at radius 3 is 1.57 bits per heavy atom. The van der Waals surface area contributed by atoms with Gasteiger partial charge in [0.15, 0.2) is 0 Å². The lowest BCUT2D eigenvalue weighted by Gasteiger charge is -2.33. The van der Waals surface area contributed by atoms with Crippen molar-refractivity contribution in [2.24, 2.45) is 0 Å². The molecule has 0 aliphatic carbocycles. The summed E-state index contributed by atoms with van der Waals surface area (Å²) in [6.45, 7) is 14.3. The van der Waals surface area contributed by atoms with Crippen molar-refractivity contribution < 1.29 is 36.1 Å². The van der Waals surface area contributed by atoms with Gasteiger partial charge < -0.3 is 19.0 Å².